The van der Waals surface area contributed by atoms with Gasteiger partial charge in [-0.3, -0.25) is 14.4 Å². The first kappa shape index (κ1) is 33.4. The van der Waals surface area contributed by atoms with Crippen molar-refractivity contribution in [3.8, 4) is 33.6 Å². The maximum Gasteiger partial charge on any atom is 0.325 e. The van der Waals surface area contributed by atoms with Crippen molar-refractivity contribution in [3.63, 3.8) is 0 Å². The van der Waals surface area contributed by atoms with Crippen LogP contribution in [0.3, 0.4) is 0 Å². The normalized spacial score (nSPS) is 12.7. The molecule has 0 saturated carbocycles. The van der Waals surface area contributed by atoms with Crippen molar-refractivity contribution in [3.05, 3.63) is 118 Å². The molecule has 5 aromatic rings. The SMILES string of the molecule is Cc1ccc(-c2ccc(-c3cnc(-c4ccc(C[C@H](CC(=O)c5ccc(C(C)(C)C)s5)C(=O)N[C@H](C)C(=O)O)cc4)nc3)cc2)cc1. The first-order chi connectivity index (χ1) is 22.4. The van der Waals surface area contributed by atoms with Gasteiger partial charge in [0.1, 0.15) is 6.04 Å². The molecule has 3 aromatic carbocycles. The molecule has 0 fully saturated rings. The highest BCUT2D eigenvalue weighted by molar-refractivity contribution is 7.14. The van der Waals surface area contributed by atoms with Gasteiger partial charge in [-0.15, -0.1) is 11.3 Å². The van der Waals surface area contributed by atoms with Crippen LogP contribution in [0, 0.1) is 12.8 Å². The van der Waals surface area contributed by atoms with Gasteiger partial charge in [0.15, 0.2) is 11.6 Å². The number of aliphatic carboxylic acids is 1. The van der Waals surface area contributed by atoms with Crippen LogP contribution in [0.5, 0.6) is 0 Å². The van der Waals surface area contributed by atoms with Crippen molar-refractivity contribution in [2.75, 3.05) is 0 Å². The molecule has 47 heavy (non-hydrogen) atoms. The van der Waals surface area contributed by atoms with Crippen molar-refractivity contribution in [1.29, 1.82) is 0 Å². The minimum atomic E-state index is -1.13. The van der Waals surface area contributed by atoms with Crippen molar-refractivity contribution in [2.24, 2.45) is 5.92 Å². The minimum absolute atomic E-state index is 0.0272. The number of nitrogens with one attached hydrogen (secondary N) is 1. The molecule has 0 aliphatic carbocycles. The number of hydrogen-bond donors (Lipinski definition) is 2. The summed E-state index contributed by atoms with van der Waals surface area (Å²) in [7, 11) is 0. The third kappa shape index (κ3) is 8.45. The molecular formula is C39H39N3O4S. The van der Waals surface area contributed by atoms with Crippen LogP contribution in [0.1, 0.15) is 59.8 Å². The topological polar surface area (TPSA) is 109 Å². The zero-order chi connectivity index (χ0) is 33.7. The second-order valence-electron chi connectivity index (χ2n) is 12.9. The number of thiophene rings is 1. The van der Waals surface area contributed by atoms with Gasteiger partial charge in [-0.1, -0.05) is 99.1 Å². The van der Waals surface area contributed by atoms with E-state index in [1.165, 1.54) is 29.4 Å². The molecule has 1 amide bonds. The highest BCUT2D eigenvalue weighted by atomic mass is 32.1. The minimum Gasteiger partial charge on any atom is -0.480 e. The smallest absolute Gasteiger partial charge is 0.325 e. The lowest BCUT2D eigenvalue weighted by atomic mass is 9.92. The van der Waals surface area contributed by atoms with Crippen LogP contribution in [-0.4, -0.2) is 38.8 Å². The van der Waals surface area contributed by atoms with Crippen molar-refractivity contribution in [2.45, 2.75) is 58.9 Å². The van der Waals surface area contributed by atoms with Gasteiger partial charge >= 0.3 is 5.97 Å². The van der Waals surface area contributed by atoms with E-state index in [2.05, 4.69) is 91.5 Å². The molecule has 5 rings (SSSR count). The molecule has 2 aromatic heterocycles. The zero-order valence-electron chi connectivity index (χ0n) is 27.3. The molecule has 0 unspecified atom stereocenters. The van der Waals surface area contributed by atoms with E-state index in [0.717, 1.165) is 32.7 Å². The third-order valence-electron chi connectivity index (χ3n) is 8.10. The number of ketones is 1. The lowest BCUT2D eigenvalue weighted by molar-refractivity contribution is -0.141. The number of benzene rings is 3. The van der Waals surface area contributed by atoms with E-state index in [4.69, 9.17) is 0 Å². The van der Waals surface area contributed by atoms with E-state index in [-0.39, 0.29) is 24.0 Å². The van der Waals surface area contributed by atoms with E-state index in [1.54, 1.807) is 0 Å². The van der Waals surface area contributed by atoms with Gasteiger partial charge in [-0.05, 0) is 60.1 Å². The lowest BCUT2D eigenvalue weighted by Gasteiger charge is -2.18. The maximum absolute atomic E-state index is 13.3. The van der Waals surface area contributed by atoms with Gasteiger partial charge in [-0.2, -0.15) is 0 Å². The molecule has 0 saturated heterocycles. The molecule has 0 spiro atoms. The Bertz CT molecular complexity index is 1850. The summed E-state index contributed by atoms with van der Waals surface area (Å²) in [6, 6.07) is 27.1. The van der Waals surface area contributed by atoms with Gasteiger partial charge in [0.05, 0.1) is 4.88 Å². The molecule has 2 heterocycles. The van der Waals surface area contributed by atoms with Crippen LogP contribution in [0.2, 0.25) is 0 Å². The highest BCUT2D eigenvalue weighted by Crippen LogP contribution is 2.31. The first-order valence-corrected chi connectivity index (χ1v) is 16.4. The third-order valence-corrected chi connectivity index (χ3v) is 9.65. The van der Waals surface area contributed by atoms with Crippen LogP contribution in [-0.2, 0) is 21.4 Å². The number of aromatic nitrogens is 2. The van der Waals surface area contributed by atoms with E-state index < -0.39 is 23.8 Å². The average Bonchev–Trinajstić information content (AvgIpc) is 3.57. The Morgan fingerprint density at radius 2 is 1.30 bits per heavy atom. The first-order valence-electron chi connectivity index (χ1n) is 15.6. The van der Waals surface area contributed by atoms with Gasteiger partial charge in [0.2, 0.25) is 5.91 Å². The fraction of sp³-hybridized carbons (Fsp3) is 0.256. The summed E-state index contributed by atoms with van der Waals surface area (Å²) in [5.41, 5.74) is 7.06. The number of carboxylic acid groups (broad SMARTS) is 1. The van der Waals surface area contributed by atoms with Crippen molar-refractivity contribution in [1.82, 2.24) is 15.3 Å². The van der Waals surface area contributed by atoms with Gasteiger partial charge in [-0.25, -0.2) is 9.97 Å². The van der Waals surface area contributed by atoms with E-state index in [0.29, 0.717) is 10.7 Å². The summed E-state index contributed by atoms with van der Waals surface area (Å²) < 4.78 is 0. The Hall–Kier alpha value is -4.95. The van der Waals surface area contributed by atoms with Gasteiger partial charge < -0.3 is 10.4 Å². The average molecular weight is 646 g/mol. The molecule has 0 aliphatic rings. The quantitative estimate of drug-likeness (QED) is 0.140. The number of amides is 1. The predicted octanol–water partition coefficient (Wildman–Crippen LogP) is 8.17. The Morgan fingerprint density at radius 3 is 1.83 bits per heavy atom. The molecular weight excluding hydrogens is 607 g/mol. The summed E-state index contributed by atoms with van der Waals surface area (Å²) in [5.74, 6) is -1.89. The molecule has 2 atom stereocenters. The molecule has 7 nitrogen and oxygen atoms in total. The van der Waals surface area contributed by atoms with Crippen molar-refractivity contribution >= 4 is 29.0 Å². The largest absolute Gasteiger partial charge is 0.480 e. The predicted molar refractivity (Wildman–Crippen MR) is 187 cm³/mol. The maximum atomic E-state index is 13.3. The van der Waals surface area contributed by atoms with Crippen LogP contribution < -0.4 is 5.32 Å². The number of carbonyl (C=O) groups is 3. The number of rotatable bonds is 11. The number of hydrogen-bond acceptors (Lipinski definition) is 6. The number of carbonyl (C=O) groups excluding carboxylic acids is 2. The van der Waals surface area contributed by atoms with Crippen LogP contribution in [0.15, 0.2) is 97.3 Å². The molecule has 0 aliphatic heterocycles. The standard InChI is InChI=1S/C39H39N3O4S/c1-24-6-10-27(11-7-24)28-14-16-29(17-15-28)32-22-40-36(41-23-32)30-12-8-26(9-13-30)20-31(37(44)42-25(2)38(45)46)21-33(43)34-18-19-35(47-34)39(3,4)5/h6-19,22-23,25,31H,20-21H2,1-5H3,(H,42,44)(H,45,46)/t25-,31-/m1/s1. The summed E-state index contributed by atoms with van der Waals surface area (Å²) in [6.07, 6.45) is 3.87. The number of nitrogens with zero attached hydrogens (tertiary/aromatic N) is 2. The van der Waals surface area contributed by atoms with Crippen LogP contribution >= 0.6 is 11.3 Å². The van der Waals surface area contributed by atoms with Crippen LogP contribution in [0.4, 0.5) is 0 Å². The second kappa shape index (κ2) is 14.2. The highest BCUT2D eigenvalue weighted by Gasteiger charge is 2.27. The molecule has 0 radical (unpaired) electrons. The van der Waals surface area contributed by atoms with E-state index >= 15 is 0 Å². The van der Waals surface area contributed by atoms with E-state index in [1.807, 2.05) is 48.8 Å². The summed E-state index contributed by atoms with van der Waals surface area (Å²) >= 11 is 1.44. The molecule has 2 N–H and O–H groups in total. The Balaban J connectivity index is 1.28. The van der Waals surface area contributed by atoms with Crippen molar-refractivity contribution < 1.29 is 19.5 Å². The Kier molecular flexibility index (Phi) is 10.1. The van der Waals surface area contributed by atoms with Gasteiger partial charge in [0, 0.05) is 40.7 Å². The van der Waals surface area contributed by atoms with E-state index in [9.17, 15) is 19.5 Å². The Labute approximate surface area is 279 Å². The summed E-state index contributed by atoms with van der Waals surface area (Å²) in [5, 5.41) is 11.9. The lowest BCUT2D eigenvalue weighted by Crippen LogP contribution is -2.42. The van der Waals surface area contributed by atoms with Crippen LogP contribution in [0.25, 0.3) is 33.6 Å². The number of Topliss-reactive ketones (excluding diaryl/α,β-unsaturated/α-hetero) is 1. The number of aryl methyl sites for hydroxylation is 1. The van der Waals surface area contributed by atoms with Gasteiger partial charge in [0.25, 0.3) is 0 Å². The molecule has 0 bridgehead atoms. The fourth-order valence-electron chi connectivity index (χ4n) is 5.17. The summed E-state index contributed by atoms with van der Waals surface area (Å²) in [6.45, 7) is 9.75. The monoisotopic (exact) mass is 645 g/mol. The summed E-state index contributed by atoms with van der Waals surface area (Å²) in [4.78, 5) is 48.8. The number of carboxylic acids is 1. The molecule has 8 heteroatoms. The zero-order valence-corrected chi connectivity index (χ0v) is 28.1. The fourth-order valence-corrected chi connectivity index (χ4v) is 6.18. The second-order valence-corrected chi connectivity index (χ2v) is 14.0. The Morgan fingerprint density at radius 1 is 0.766 bits per heavy atom. The molecule has 240 valence electrons.